The molecule has 0 saturated carbocycles. The molecule has 21 heavy (non-hydrogen) atoms. The largest absolute Gasteiger partial charge is 0.373 e. The summed E-state index contributed by atoms with van der Waals surface area (Å²) in [4.78, 5) is 6.68. The third-order valence-electron chi connectivity index (χ3n) is 3.63. The SMILES string of the molecule is Cc1nsc(N2CCC(OCc3ccc(F)cc3)CC2)n1. The van der Waals surface area contributed by atoms with Crippen LogP contribution < -0.4 is 4.90 Å². The van der Waals surface area contributed by atoms with Crippen LogP contribution in [0.25, 0.3) is 0 Å². The summed E-state index contributed by atoms with van der Waals surface area (Å²) in [5.41, 5.74) is 1.01. The molecule has 0 radical (unpaired) electrons. The lowest BCUT2D eigenvalue weighted by Crippen LogP contribution is -2.36. The fraction of sp³-hybridized carbons (Fsp3) is 0.467. The monoisotopic (exact) mass is 307 g/mol. The molecule has 0 amide bonds. The summed E-state index contributed by atoms with van der Waals surface area (Å²) in [7, 11) is 0. The van der Waals surface area contributed by atoms with E-state index in [-0.39, 0.29) is 11.9 Å². The van der Waals surface area contributed by atoms with Crippen LogP contribution in [-0.2, 0) is 11.3 Å². The van der Waals surface area contributed by atoms with Gasteiger partial charge >= 0.3 is 0 Å². The van der Waals surface area contributed by atoms with Crippen LogP contribution in [0.4, 0.5) is 9.52 Å². The number of aromatic nitrogens is 2. The predicted octanol–water partition coefficient (Wildman–Crippen LogP) is 3.17. The molecule has 0 aliphatic carbocycles. The molecule has 0 spiro atoms. The number of benzene rings is 1. The molecule has 1 aliphatic heterocycles. The average Bonchev–Trinajstić information content (AvgIpc) is 2.94. The van der Waals surface area contributed by atoms with Gasteiger partial charge in [-0.05, 0) is 37.5 Å². The summed E-state index contributed by atoms with van der Waals surface area (Å²) in [5.74, 6) is 0.629. The molecule has 0 N–H and O–H groups in total. The van der Waals surface area contributed by atoms with Crippen molar-refractivity contribution < 1.29 is 9.13 Å². The van der Waals surface area contributed by atoms with Crippen molar-refractivity contribution in [3.05, 3.63) is 41.5 Å². The molecule has 1 fully saturated rings. The zero-order chi connectivity index (χ0) is 14.7. The van der Waals surface area contributed by atoms with Gasteiger partial charge in [0.05, 0.1) is 12.7 Å². The van der Waals surface area contributed by atoms with Gasteiger partial charge < -0.3 is 9.64 Å². The zero-order valence-corrected chi connectivity index (χ0v) is 12.8. The first-order chi connectivity index (χ1) is 10.2. The minimum atomic E-state index is -0.209. The van der Waals surface area contributed by atoms with Gasteiger partial charge in [0.25, 0.3) is 0 Å². The van der Waals surface area contributed by atoms with Gasteiger partial charge in [-0.1, -0.05) is 12.1 Å². The van der Waals surface area contributed by atoms with Gasteiger partial charge in [0.1, 0.15) is 11.6 Å². The highest BCUT2D eigenvalue weighted by atomic mass is 32.1. The molecule has 0 unspecified atom stereocenters. The van der Waals surface area contributed by atoms with E-state index in [0.29, 0.717) is 6.61 Å². The fourth-order valence-electron chi connectivity index (χ4n) is 2.42. The molecule has 3 rings (SSSR count). The van der Waals surface area contributed by atoms with Gasteiger partial charge in [0, 0.05) is 24.6 Å². The number of aryl methyl sites for hydroxylation is 1. The number of nitrogens with zero attached hydrogens (tertiary/aromatic N) is 3. The molecule has 2 aromatic rings. The highest BCUT2D eigenvalue weighted by molar-refractivity contribution is 7.09. The van der Waals surface area contributed by atoms with E-state index in [2.05, 4.69) is 14.3 Å². The fourth-order valence-corrected chi connectivity index (χ4v) is 3.15. The number of hydrogen-bond acceptors (Lipinski definition) is 5. The Morgan fingerprint density at radius 2 is 2.00 bits per heavy atom. The molecule has 2 heterocycles. The number of anilines is 1. The maximum Gasteiger partial charge on any atom is 0.205 e. The van der Waals surface area contributed by atoms with Crippen LogP contribution in [0.15, 0.2) is 24.3 Å². The predicted molar refractivity (Wildman–Crippen MR) is 81.1 cm³/mol. The second kappa shape index (κ2) is 6.49. The summed E-state index contributed by atoms with van der Waals surface area (Å²) >= 11 is 1.46. The first-order valence-electron chi connectivity index (χ1n) is 7.12. The Morgan fingerprint density at radius 1 is 1.29 bits per heavy atom. The highest BCUT2D eigenvalue weighted by Gasteiger charge is 2.21. The van der Waals surface area contributed by atoms with E-state index in [1.165, 1.54) is 23.7 Å². The molecule has 1 saturated heterocycles. The lowest BCUT2D eigenvalue weighted by atomic mass is 10.1. The van der Waals surface area contributed by atoms with E-state index >= 15 is 0 Å². The second-order valence-corrected chi connectivity index (χ2v) is 5.98. The van der Waals surface area contributed by atoms with Gasteiger partial charge in [-0.15, -0.1) is 0 Å². The smallest absolute Gasteiger partial charge is 0.205 e. The van der Waals surface area contributed by atoms with E-state index in [0.717, 1.165) is 42.5 Å². The van der Waals surface area contributed by atoms with E-state index < -0.39 is 0 Å². The van der Waals surface area contributed by atoms with Crippen LogP contribution in [-0.4, -0.2) is 28.6 Å². The van der Waals surface area contributed by atoms with E-state index in [1.54, 1.807) is 12.1 Å². The lowest BCUT2D eigenvalue weighted by Gasteiger charge is -2.31. The first-order valence-corrected chi connectivity index (χ1v) is 7.89. The summed E-state index contributed by atoms with van der Waals surface area (Å²) < 4.78 is 23.0. The zero-order valence-electron chi connectivity index (χ0n) is 12.0. The van der Waals surface area contributed by atoms with Crippen molar-refractivity contribution in [2.45, 2.75) is 32.5 Å². The first kappa shape index (κ1) is 14.4. The van der Waals surface area contributed by atoms with E-state index in [1.807, 2.05) is 6.92 Å². The molecule has 112 valence electrons. The Morgan fingerprint density at radius 3 is 2.62 bits per heavy atom. The van der Waals surface area contributed by atoms with Crippen LogP contribution >= 0.6 is 11.5 Å². The van der Waals surface area contributed by atoms with Crippen molar-refractivity contribution in [2.75, 3.05) is 18.0 Å². The van der Waals surface area contributed by atoms with Crippen molar-refractivity contribution in [2.24, 2.45) is 0 Å². The number of rotatable bonds is 4. The topological polar surface area (TPSA) is 38.2 Å². The molecule has 4 nitrogen and oxygen atoms in total. The van der Waals surface area contributed by atoms with E-state index in [4.69, 9.17) is 4.74 Å². The minimum absolute atomic E-state index is 0.209. The average molecular weight is 307 g/mol. The van der Waals surface area contributed by atoms with Gasteiger partial charge in [-0.25, -0.2) is 9.37 Å². The molecular weight excluding hydrogens is 289 g/mol. The number of halogens is 1. The summed E-state index contributed by atoms with van der Waals surface area (Å²) in [6.45, 7) is 4.35. The van der Waals surface area contributed by atoms with Crippen LogP contribution in [0, 0.1) is 12.7 Å². The Balaban J connectivity index is 1.46. The van der Waals surface area contributed by atoms with Gasteiger partial charge in [-0.2, -0.15) is 4.37 Å². The van der Waals surface area contributed by atoms with Crippen LogP contribution in [0.2, 0.25) is 0 Å². The minimum Gasteiger partial charge on any atom is -0.373 e. The van der Waals surface area contributed by atoms with Gasteiger partial charge in [-0.3, -0.25) is 0 Å². The number of piperidine rings is 1. The second-order valence-electron chi connectivity index (χ2n) is 5.25. The van der Waals surface area contributed by atoms with Crippen LogP contribution in [0.1, 0.15) is 24.2 Å². The maximum absolute atomic E-state index is 12.8. The Bertz CT molecular complexity index is 579. The van der Waals surface area contributed by atoms with Crippen LogP contribution in [0.5, 0.6) is 0 Å². The standard InChI is InChI=1S/C15H18FN3OS/c1-11-17-15(21-18-11)19-8-6-14(7-9-19)20-10-12-2-4-13(16)5-3-12/h2-5,14H,6-10H2,1H3. The highest BCUT2D eigenvalue weighted by Crippen LogP contribution is 2.23. The summed E-state index contributed by atoms with van der Waals surface area (Å²) in [5, 5.41) is 1.00. The van der Waals surface area contributed by atoms with Gasteiger partial charge in [0.2, 0.25) is 5.13 Å². The lowest BCUT2D eigenvalue weighted by molar-refractivity contribution is 0.0251. The quantitative estimate of drug-likeness (QED) is 0.869. The number of ether oxygens (including phenoxy) is 1. The van der Waals surface area contributed by atoms with Crippen molar-refractivity contribution in [3.63, 3.8) is 0 Å². The molecular formula is C15H18FN3OS. The van der Waals surface area contributed by atoms with Crippen molar-refractivity contribution in [1.29, 1.82) is 0 Å². The summed E-state index contributed by atoms with van der Waals surface area (Å²) in [6, 6.07) is 6.49. The third kappa shape index (κ3) is 3.77. The van der Waals surface area contributed by atoms with Crippen molar-refractivity contribution in [3.8, 4) is 0 Å². The molecule has 1 aromatic carbocycles. The van der Waals surface area contributed by atoms with Gasteiger partial charge in [0.15, 0.2) is 0 Å². The van der Waals surface area contributed by atoms with E-state index in [9.17, 15) is 4.39 Å². The molecule has 0 bridgehead atoms. The normalized spacial score (nSPS) is 16.4. The molecule has 1 aliphatic rings. The molecule has 6 heteroatoms. The van der Waals surface area contributed by atoms with Crippen molar-refractivity contribution in [1.82, 2.24) is 9.36 Å². The Labute approximate surface area is 127 Å². The number of hydrogen-bond donors (Lipinski definition) is 0. The molecule has 1 aromatic heterocycles. The third-order valence-corrected chi connectivity index (χ3v) is 4.50. The Kier molecular flexibility index (Phi) is 4.45. The Hall–Kier alpha value is -1.53. The summed E-state index contributed by atoms with van der Waals surface area (Å²) in [6.07, 6.45) is 2.24. The van der Waals surface area contributed by atoms with Crippen molar-refractivity contribution >= 4 is 16.7 Å². The maximum atomic E-state index is 12.8. The van der Waals surface area contributed by atoms with Crippen LogP contribution in [0.3, 0.4) is 0 Å². The molecule has 0 atom stereocenters.